The van der Waals surface area contributed by atoms with Crippen LogP contribution < -0.4 is 10.2 Å². The highest BCUT2D eigenvalue weighted by Gasteiger charge is 2.23. The molecule has 2 aromatic carbocycles. The molecule has 1 amide bonds. The molecule has 1 N–H and O–H groups in total. The normalized spacial score (nSPS) is 15.4. The van der Waals surface area contributed by atoms with Crippen molar-refractivity contribution in [3.8, 4) is 0 Å². The summed E-state index contributed by atoms with van der Waals surface area (Å²) in [6.45, 7) is 5.12. The number of hydrogen-bond acceptors (Lipinski definition) is 4. The standard InChI is InChI=1S/C28H34N4O/c1-22(23-8-4-3-5-9-23)30-28(33)24-11-13-27(14-12-24)32-20-16-26(17-21-32)31(2)19-15-25-10-6-7-18-29-25/h3-14,18,22,26H,15-17,19-21H2,1-2H3,(H,30,33). The number of nitrogens with zero attached hydrogens (tertiary/aromatic N) is 3. The van der Waals surface area contributed by atoms with Crippen LogP contribution in [-0.4, -0.2) is 48.5 Å². The van der Waals surface area contributed by atoms with Gasteiger partial charge in [0.05, 0.1) is 6.04 Å². The van der Waals surface area contributed by atoms with Crippen LogP contribution in [0.1, 0.15) is 47.4 Å². The van der Waals surface area contributed by atoms with Crippen molar-refractivity contribution in [1.82, 2.24) is 15.2 Å². The highest BCUT2D eigenvalue weighted by atomic mass is 16.1. The van der Waals surface area contributed by atoms with Gasteiger partial charge in [0.25, 0.3) is 5.91 Å². The van der Waals surface area contributed by atoms with Gasteiger partial charge >= 0.3 is 0 Å². The zero-order chi connectivity index (χ0) is 23.0. The molecule has 2 heterocycles. The fourth-order valence-corrected chi connectivity index (χ4v) is 4.51. The molecule has 1 aliphatic heterocycles. The van der Waals surface area contributed by atoms with Crippen LogP contribution in [-0.2, 0) is 6.42 Å². The zero-order valence-corrected chi connectivity index (χ0v) is 19.7. The summed E-state index contributed by atoms with van der Waals surface area (Å²) in [4.78, 5) is 22.0. The van der Waals surface area contributed by atoms with E-state index in [2.05, 4.69) is 51.4 Å². The highest BCUT2D eigenvalue weighted by molar-refractivity contribution is 5.94. The van der Waals surface area contributed by atoms with E-state index in [4.69, 9.17) is 0 Å². The van der Waals surface area contributed by atoms with Crippen molar-refractivity contribution in [3.05, 3.63) is 95.8 Å². The molecule has 1 atom stereocenters. The second kappa shape index (κ2) is 11.1. The van der Waals surface area contributed by atoms with Crippen LogP contribution in [0.25, 0.3) is 0 Å². The lowest BCUT2D eigenvalue weighted by molar-refractivity contribution is 0.0940. The molecule has 1 aliphatic rings. The molecule has 4 rings (SSSR count). The quantitative estimate of drug-likeness (QED) is 0.549. The maximum absolute atomic E-state index is 12.7. The van der Waals surface area contributed by atoms with Gasteiger partial charge in [0, 0.05) is 55.2 Å². The van der Waals surface area contributed by atoms with E-state index in [0.29, 0.717) is 11.6 Å². The molecule has 5 nitrogen and oxygen atoms in total. The third kappa shape index (κ3) is 6.20. The number of likely N-dealkylation sites (N-methyl/N-ethyl adjacent to an activating group) is 1. The van der Waals surface area contributed by atoms with E-state index in [0.717, 1.165) is 50.2 Å². The first-order chi connectivity index (χ1) is 16.1. The van der Waals surface area contributed by atoms with Gasteiger partial charge in [0.1, 0.15) is 0 Å². The minimum absolute atomic E-state index is 0.0212. The Balaban J connectivity index is 1.25. The number of pyridine rings is 1. The molecule has 0 spiro atoms. The maximum atomic E-state index is 12.7. The molecule has 1 unspecified atom stereocenters. The molecule has 5 heteroatoms. The SMILES string of the molecule is CC(NC(=O)c1ccc(N2CCC(N(C)CCc3ccccn3)CC2)cc1)c1ccccc1. The van der Waals surface area contributed by atoms with Crippen molar-refractivity contribution in [3.63, 3.8) is 0 Å². The van der Waals surface area contributed by atoms with Crippen molar-refractivity contribution in [2.24, 2.45) is 0 Å². The van der Waals surface area contributed by atoms with Crippen molar-refractivity contribution in [2.75, 3.05) is 31.6 Å². The lowest BCUT2D eigenvalue weighted by Gasteiger charge is -2.38. The highest BCUT2D eigenvalue weighted by Crippen LogP contribution is 2.23. The lowest BCUT2D eigenvalue weighted by atomic mass is 10.0. The molecular formula is C28H34N4O. The summed E-state index contributed by atoms with van der Waals surface area (Å²) in [7, 11) is 2.23. The second-order valence-electron chi connectivity index (χ2n) is 8.92. The number of aromatic nitrogens is 1. The van der Waals surface area contributed by atoms with E-state index in [1.165, 1.54) is 5.69 Å². The fourth-order valence-electron chi connectivity index (χ4n) is 4.51. The Bertz CT molecular complexity index is 999. The monoisotopic (exact) mass is 442 g/mol. The molecule has 0 bridgehead atoms. The molecular weight excluding hydrogens is 408 g/mol. The summed E-state index contributed by atoms with van der Waals surface area (Å²) in [6.07, 6.45) is 5.15. The summed E-state index contributed by atoms with van der Waals surface area (Å²) in [5.74, 6) is -0.0360. The third-order valence-corrected chi connectivity index (χ3v) is 6.68. The number of anilines is 1. The fraction of sp³-hybridized carbons (Fsp3) is 0.357. The van der Waals surface area contributed by atoms with Crippen molar-refractivity contribution in [2.45, 2.75) is 38.3 Å². The van der Waals surface area contributed by atoms with E-state index in [-0.39, 0.29) is 11.9 Å². The molecule has 0 aliphatic carbocycles. The summed E-state index contributed by atoms with van der Waals surface area (Å²) < 4.78 is 0. The van der Waals surface area contributed by atoms with Gasteiger partial charge in [-0.1, -0.05) is 36.4 Å². The molecule has 172 valence electrons. The van der Waals surface area contributed by atoms with Gasteiger partial charge in [-0.25, -0.2) is 0 Å². The topological polar surface area (TPSA) is 48.5 Å². The number of benzene rings is 2. The van der Waals surface area contributed by atoms with Crippen LogP contribution in [0.15, 0.2) is 79.0 Å². The van der Waals surface area contributed by atoms with E-state index in [9.17, 15) is 4.79 Å². The average molecular weight is 443 g/mol. The van der Waals surface area contributed by atoms with Gasteiger partial charge in [-0.15, -0.1) is 0 Å². The average Bonchev–Trinajstić information content (AvgIpc) is 2.88. The first-order valence-electron chi connectivity index (χ1n) is 11.9. The van der Waals surface area contributed by atoms with Crippen molar-refractivity contribution >= 4 is 11.6 Å². The Labute approximate surface area is 197 Å². The van der Waals surface area contributed by atoms with Crippen LogP contribution in [0, 0.1) is 0 Å². The van der Waals surface area contributed by atoms with E-state index >= 15 is 0 Å². The lowest BCUT2D eigenvalue weighted by Crippen LogP contribution is -2.44. The van der Waals surface area contributed by atoms with Crippen molar-refractivity contribution < 1.29 is 4.79 Å². The Morgan fingerprint density at radius 3 is 2.39 bits per heavy atom. The van der Waals surface area contributed by atoms with Gasteiger partial charge in [-0.3, -0.25) is 9.78 Å². The number of hydrogen-bond donors (Lipinski definition) is 1. The predicted molar refractivity (Wildman–Crippen MR) is 135 cm³/mol. The van der Waals surface area contributed by atoms with Crippen LogP contribution in [0.4, 0.5) is 5.69 Å². The zero-order valence-electron chi connectivity index (χ0n) is 19.7. The van der Waals surface area contributed by atoms with Crippen LogP contribution in [0.5, 0.6) is 0 Å². The van der Waals surface area contributed by atoms with Gasteiger partial charge in [-0.2, -0.15) is 0 Å². The van der Waals surface area contributed by atoms with Gasteiger partial charge in [-0.05, 0) is 68.8 Å². The molecule has 1 aromatic heterocycles. The molecule has 33 heavy (non-hydrogen) atoms. The Kier molecular flexibility index (Phi) is 7.74. The number of nitrogens with one attached hydrogen (secondary N) is 1. The number of amides is 1. The number of carbonyl (C=O) groups excluding carboxylic acids is 1. The Morgan fingerprint density at radius 1 is 1.03 bits per heavy atom. The van der Waals surface area contributed by atoms with Crippen LogP contribution >= 0.6 is 0 Å². The number of rotatable bonds is 8. The predicted octanol–water partition coefficient (Wildman–Crippen LogP) is 4.72. The maximum Gasteiger partial charge on any atom is 0.251 e. The summed E-state index contributed by atoms with van der Waals surface area (Å²) in [6, 6.07) is 24.8. The van der Waals surface area contributed by atoms with E-state index in [1.54, 1.807) is 0 Å². The minimum atomic E-state index is -0.0360. The van der Waals surface area contributed by atoms with Crippen molar-refractivity contribution in [1.29, 1.82) is 0 Å². The molecule has 1 saturated heterocycles. The molecule has 0 saturated carbocycles. The smallest absolute Gasteiger partial charge is 0.251 e. The van der Waals surface area contributed by atoms with E-state index < -0.39 is 0 Å². The summed E-state index contributed by atoms with van der Waals surface area (Å²) >= 11 is 0. The number of carbonyl (C=O) groups is 1. The molecule has 3 aromatic rings. The largest absolute Gasteiger partial charge is 0.371 e. The first kappa shape index (κ1) is 23.0. The Morgan fingerprint density at radius 2 is 1.73 bits per heavy atom. The molecule has 1 fully saturated rings. The van der Waals surface area contributed by atoms with Gasteiger partial charge in [0.2, 0.25) is 0 Å². The van der Waals surface area contributed by atoms with E-state index in [1.807, 2.05) is 61.7 Å². The third-order valence-electron chi connectivity index (χ3n) is 6.68. The second-order valence-corrected chi connectivity index (χ2v) is 8.92. The van der Waals surface area contributed by atoms with Crippen LogP contribution in [0.2, 0.25) is 0 Å². The first-order valence-corrected chi connectivity index (χ1v) is 11.9. The molecule has 0 radical (unpaired) electrons. The van der Waals surface area contributed by atoms with Crippen LogP contribution in [0.3, 0.4) is 0 Å². The summed E-state index contributed by atoms with van der Waals surface area (Å²) in [5, 5.41) is 3.09. The van der Waals surface area contributed by atoms with Gasteiger partial charge in [0.15, 0.2) is 0 Å². The Hall–Kier alpha value is -3.18. The van der Waals surface area contributed by atoms with Gasteiger partial charge < -0.3 is 15.1 Å². The number of piperidine rings is 1. The summed E-state index contributed by atoms with van der Waals surface area (Å²) in [5.41, 5.74) is 4.15. The minimum Gasteiger partial charge on any atom is -0.371 e.